The van der Waals surface area contributed by atoms with Gasteiger partial charge in [-0.15, -0.1) is 0 Å². The molecule has 0 spiro atoms. The third-order valence-corrected chi connectivity index (χ3v) is 9.76. The molecule has 6 aromatic carbocycles. The number of para-hydroxylation sites is 4. The van der Waals surface area contributed by atoms with Crippen LogP contribution in [-0.2, 0) is 0 Å². The average molecular weight is 567 g/mol. The Bertz CT molecular complexity index is 2740. The Morgan fingerprint density at radius 3 is 2.16 bits per heavy atom. The van der Waals surface area contributed by atoms with E-state index in [-0.39, 0.29) is 0 Å². The summed E-state index contributed by atoms with van der Waals surface area (Å²) in [6, 6.07) is 47.6. The summed E-state index contributed by atoms with van der Waals surface area (Å²) in [4.78, 5) is 11.4. The van der Waals surface area contributed by atoms with E-state index in [9.17, 15) is 0 Å². The minimum absolute atomic E-state index is 0.968. The molecule has 0 atom stereocenters. The molecule has 10 rings (SSSR count). The van der Waals surface area contributed by atoms with Crippen LogP contribution < -0.4 is 0 Å². The second-order valence-electron chi connectivity index (χ2n) is 11.1. The van der Waals surface area contributed by atoms with Crippen molar-refractivity contribution >= 4 is 81.0 Å². The average Bonchev–Trinajstić information content (AvgIpc) is 3.72. The topological polar surface area (TPSA) is 35.1 Å². The molecule has 0 bridgehead atoms. The van der Waals surface area contributed by atoms with Crippen molar-refractivity contribution in [2.45, 2.75) is 0 Å². The Kier molecular flexibility index (Phi) is 4.57. The van der Waals surface area contributed by atoms with Gasteiger partial charge in [0.15, 0.2) is 4.96 Å². The molecule has 0 amide bonds. The van der Waals surface area contributed by atoms with Crippen LogP contribution in [0.5, 0.6) is 0 Å². The summed E-state index contributed by atoms with van der Waals surface area (Å²) in [5, 5.41) is 6.01. The highest BCUT2D eigenvalue weighted by Crippen LogP contribution is 2.43. The molecule has 0 N–H and O–H groups in total. The van der Waals surface area contributed by atoms with Gasteiger partial charge in [-0.05, 0) is 53.2 Å². The summed E-state index contributed by atoms with van der Waals surface area (Å²) < 4.78 is 5.97. The van der Waals surface area contributed by atoms with E-state index in [0.717, 1.165) is 43.8 Å². The summed E-state index contributed by atoms with van der Waals surface area (Å²) in [7, 11) is 0. The molecule has 0 aliphatic carbocycles. The first-order chi connectivity index (χ1) is 21.3. The van der Waals surface area contributed by atoms with E-state index in [1.807, 2.05) is 0 Å². The summed E-state index contributed by atoms with van der Waals surface area (Å²) in [6.07, 6.45) is 0. The Morgan fingerprint density at radius 2 is 1.26 bits per heavy atom. The minimum atomic E-state index is 0.968. The fourth-order valence-electron chi connectivity index (χ4n) is 6.76. The highest BCUT2D eigenvalue weighted by molar-refractivity contribution is 7.24. The lowest BCUT2D eigenvalue weighted by Gasteiger charge is -2.15. The van der Waals surface area contributed by atoms with Crippen molar-refractivity contribution in [3.63, 3.8) is 0 Å². The number of hydrogen-bond donors (Lipinski definition) is 0. The monoisotopic (exact) mass is 566 g/mol. The van der Waals surface area contributed by atoms with Gasteiger partial charge in [0.25, 0.3) is 0 Å². The van der Waals surface area contributed by atoms with Gasteiger partial charge in [0.2, 0.25) is 0 Å². The van der Waals surface area contributed by atoms with Gasteiger partial charge in [-0.3, -0.25) is 4.40 Å². The molecular weight excluding hydrogens is 545 g/mol. The number of aromatic nitrogens is 4. The van der Waals surface area contributed by atoms with Crippen LogP contribution in [0, 0.1) is 0 Å². The first kappa shape index (κ1) is 23.1. The van der Waals surface area contributed by atoms with Crippen LogP contribution in [0.4, 0.5) is 0 Å². The molecule has 4 aromatic heterocycles. The predicted molar refractivity (Wildman–Crippen MR) is 181 cm³/mol. The van der Waals surface area contributed by atoms with E-state index in [1.165, 1.54) is 42.8 Å². The van der Waals surface area contributed by atoms with E-state index in [1.54, 1.807) is 11.3 Å². The lowest BCUT2D eigenvalue weighted by atomic mass is 10.0. The first-order valence-electron chi connectivity index (χ1n) is 14.4. The van der Waals surface area contributed by atoms with Gasteiger partial charge in [-0.2, -0.15) is 0 Å². The van der Waals surface area contributed by atoms with E-state index in [4.69, 9.17) is 9.97 Å². The normalized spacial score (nSPS) is 12.2. The Balaban J connectivity index is 1.39. The molecular formula is C38H22N4S. The Morgan fingerprint density at radius 1 is 0.512 bits per heavy atom. The second-order valence-corrected chi connectivity index (χ2v) is 12.1. The number of imidazole rings is 1. The van der Waals surface area contributed by atoms with Crippen LogP contribution in [0.3, 0.4) is 0 Å². The van der Waals surface area contributed by atoms with Crippen LogP contribution in [0.15, 0.2) is 133 Å². The maximum atomic E-state index is 5.34. The number of rotatable bonds is 2. The maximum absolute atomic E-state index is 5.34. The molecule has 0 aliphatic rings. The van der Waals surface area contributed by atoms with E-state index in [2.05, 4.69) is 142 Å². The highest BCUT2D eigenvalue weighted by atomic mass is 32.1. The van der Waals surface area contributed by atoms with Crippen molar-refractivity contribution in [3.8, 4) is 16.9 Å². The third kappa shape index (κ3) is 3.20. The largest absolute Gasteiger partial charge is 0.306 e. The minimum Gasteiger partial charge on any atom is -0.306 e. The molecule has 0 saturated carbocycles. The summed E-state index contributed by atoms with van der Waals surface area (Å²) >= 11 is 1.76. The lowest BCUT2D eigenvalue weighted by molar-refractivity contribution is 1.17. The van der Waals surface area contributed by atoms with Crippen molar-refractivity contribution in [1.82, 2.24) is 18.9 Å². The molecule has 4 nitrogen and oxygen atoms in total. The molecule has 0 fully saturated rings. The van der Waals surface area contributed by atoms with E-state index < -0.39 is 0 Å². The van der Waals surface area contributed by atoms with Crippen molar-refractivity contribution in [2.24, 2.45) is 0 Å². The van der Waals surface area contributed by atoms with E-state index in [0.29, 0.717) is 0 Å². The zero-order valence-corrected chi connectivity index (χ0v) is 23.7. The van der Waals surface area contributed by atoms with Crippen molar-refractivity contribution in [2.75, 3.05) is 0 Å². The number of pyridine rings is 1. The fraction of sp³-hybridized carbons (Fsp3) is 0. The Labute approximate surface area is 249 Å². The molecule has 10 aromatic rings. The van der Waals surface area contributed by atoms with Gasteiger partial charge in [0.1, 0.15) is 0 Å². The van der Waals surface area contributed by atoms with Gasteiger partial charge in [-0.25, -0.2) is 9.97 Å². The van der Waals surface area contributed by atoms with Gasteiger partial charge < -0.3 is 4.57 Å². The van der Waals surface area contributed by atoms with Crippen LogP contribution in [0.25, 0.3) is 86.6 Å². The number of fused-ring (bicyclic) bond motifs is 11. The zero-order valence-electron chi connectivity index (χ0n) is 22.9. The van der Waals surface area contributed by atoms with Crippen LogP contribution >= 0.6 is 11.3 Å². The number of thiazole rings is 1. The van der Waals surface area contributed by atoms with Crippen LogP contribution in [0.2, 0.25) is 0 Å². The maximum Gasteiger partial charge on any atom is 0.195 e. The van der Waals surface area contributed by atoms with Gasteiger partial charge >= 0.3 is 0 Å². The first-order valence-corrected chi connectivity index (χ1v) is 15.2. The zero-order chi connectivity index (χ0) is 28.1. The van der Waals surface area contributed by atoms with Crippen LogP contribution in [0.1, 0.15) is 0 Å². The van der Waals surface area contributed by atoms with Crippen LogP contribution in [-0.4, -0.2) is 18.9 Å². The lowest BCUT2D eigenvalue weighted by Crippen LogP contribution is -2.00. The molecule has 0 saturated heterocycles. The third-order valence-electron chi connectivity index (χ3n) is 8.70. The quantitative estimate of drug-likeness (QED) is 0.209. The number of benzene rings is 6. The smallest absolute Gasteiger partial charge is 0.195 e. The SMILES string of the molecule is c1ccc2cc(-c3nc4ccccc4cc3-n3c4ccccc4c4ccc5c(sc6nc7ccccc7n65)c43)ccc2c1. The van der Waals surface area contributed by atoms with Crippen molar-refractivity contribution in [3.05, 3.63) is 133 Å². The molecule has 0 radical (unpaired) electrons. The van der Waals surface area contributed by atoms with Crippen molar-refractivity contribution in [1.29, 1.82) is 0 Å². The van der Waals surface area contributed by atoms with Gasteiger partial charge in [0, 0.05) is 21.7 Å². The highest BCUT2D eigenvalue weighted by Gasteiger charge is 2.22. The molecule has 5 heteroatoms. The fourth-order valence-corrected chi connectivity index (χ4v) is 7.94. The number of hydrogen-bond acceptors (Lipinski definition) is 3. The second kappa shape index (κ2) is 8.51. The van der Waals surface area contributed by atoms with Crippen molar-refractivity contribution < 1.29 is 0 Å². The predicted octanol–water partition coefficient (Wildman–Crippen LogP) is 10.2. The van der Waals surface area contributed by atoms with Gasteiger partial charge in [0.05, 0.1) is 49.2 Å². The summed E-state index contributed by atoms with van der Waals surface area (Å²) in [5.41, 5.74) is 9.82. The molecule has 0 aliphatic heterocycles. The number of nitrogens with zero attached hydrogens (tertiary/aromatic N) is 4. The molecule has 200 valence electrons. The molecule has 0 unspecified atom stereocenters. The molecule has 43 heavy (non-hydrogen) atoms. The summed E-state index contributed by atoms with van der Waals surface area (Å²) in [6.45, 7) is 0. The van der Waals surface area contributed by atoms with E-state index >= 15 is 0 Å². The standard InChI is InChI=1S/C38H22N4S/c1-2-10-24-21-26(18-17-23(24)9-1)35-34(22-25-11-3-5-13-29(25)39-35)41-31-15-7-4-12-27(31)28-19-20-33-37(36(28)41)43-38-40-30-14-6-8-16-32(30)42(33)38/h1-22H. The van der Waals surface area contributed by atoms with Gasteiger partial charge in [-0.1, -0.05) is 102 Å². The molecule has 4 heterocycles. The summed E-state index contributed by atoms with van der Waals surface area (Å²) in [5.74, 6) is 0. The Hall–Kier alpha value is -5.52.